The second kappa shape index (κ2) is 7.62. The number of nitrogens with one attached hydrogen (secondary N) is 1. The average molecular weight is 290 g/mol. The Morgan fingerprint density at radius 1 is 1.25 bits per heavy atom. The zero-order valence-electron chi connectivity index (χ0n) is 10.9. The summed E-state index contributed by atoms with van der Waals surface area (Å²) in [7, 11) is 0. The van der Waals surface area contributed by atoms with E-state index in [-0.39, 0.29) is 31.9 Å². The van der Waals surface area contributed by atoms with Gasteiger partial charge in [-0.15, -0.1) is 0 Å². The highest BCUT2D eigenvalue weighted by Gasteiger charge is 2.25. The quantitative estimate of drug-likeness (QED) is 0.599. The second-order valence-corrected chi connectivity index (χ2v) is 4.25. The molecule has 112 valence electrons. The van der Waals surface area contributed by atoms with E-state index in [9.17, 15) is 18.0 Å². The van der Waals surface area contributed by atoms with Gasteiger partial charge in [0.15, 0.2) is 6.61 Å². The third kappa shape index (κ3) is 6.86. The first-order valence-electron chi connectivity index (χ1n) is 6.19. The number of carbonyl (C=O) groups is 1. The van der Waals surface area contributed by atoms with Gasteiger partial charge >= 0.3 is 6.18 Å². The van der Waals surface area contributed by atoms with E-state index in [4.69, 9.17) is 10.5 Å². The van der Waals surface area contributed by atoms with E-state index < -0.39 is 12.6 Å². The molecular formula is C13H17F3N2O2. The maximum atomic E-state index is 11.9. The van der Waals surface area contributed by atoms with Crippen molar-refractivity contribution in [1.82, 2.24) is 5.32 Å². The lowest BCUT2D eigenvalue weighted by molar-refractivity contribution is -0.135. The molecule has 1 aromatic carbocycles. The Balaban J connectivity index is 2.14. The number of benzene rings is 1. The standard InChI is InChI=1S/C13H17F3N2O2/c14-13(15,16)7-3-4-8-18-12(19)9-20-11-6-2-1-5-10(11)17/h1-2,5-6H,3-4,7-9,17H2,(H,18,19). The van der Waals surface area contributed by atoms with Crippen LogP contribution in [0.25, 0.3) is 0 Å². The Morgan fingerprint density at radius 3 is 2.60 bits per heavy atom. The van der Waals surface area contributed by atoms with Crippen molar-refractivity contribution in [1.29, 1.82) is 0 Å². The maximum absolute atomic E-state index is 11.9. The molecule has 1 amide bonds. The minimum absolute atomic E-state index is 0.00370. The van der Waals surface area contributed by atoms with Gasteiger partial charge in [0.05, 0.1) is 5.69 Å². The van der Waals surface area contributed by atoms with E-state index >= 15 is 0 Å². The number of anilines is 1. The van der Waals surface area contributed by atoms with Gasteiger partial charge in [0.2, 0.25) is 0 Å². The number of alkyl halides is 3. The molecule has 3 N–H and O–H groups in total. The van der Waals surface area contributed by atoms with Crippen LogP contribution in [0, 0.1) is 0 Å². The topological polar surface area (TPSA) is 64.3 Å². The summed E-state index contributed by atoms with van der Waals surface area (Å²) in [5, 5.41) is 2.49. The summed E-state index contributed by atoms with van der Waals surface area (Å²) in [6, 6.07) is 6.74. The van der Waals surface area contributed by atoms with Crippen molar-refractivity contribution in [2.75, 3.05) is 18.9 Å². The summed E-state index contributed by atoms with van der Waals surface area (Å²) >= 11 is 0. The van der Waals surface area contributed by atoms with Gasteiger partial charge < -0.3 is 15.8 Å². The largest absolute Gasteiger partial charge is 0.482 e. The fourth-order valence-electron chi connectivity index (χ4n) is 1.48. The van der Waals surface area contributed by atoms with Crippen molar-refractivity contribution in [3.63, 3.8) is 0 Å². The highest BCUT2D eigenvalue weighted by molar-refractivity contribution is 5.77. The van der Waals surface area contributed by atoms with Gasteiger partial charge in [-0.1, -0.05) is 12.1 Å². The zero-order valence-corrected chi connectivity index (χ0v) is 10.9. The Kier molecular flexibility index (Phi) is 6.14. The summed E-state index contributed by atoms with van der Waals surface area (Å²) < 4.78 is 40.8. The van der Waals surface area contributed by atoms with Gasteiger partial charge in [-0.25, -0.2) is 0 Å². The molecule has 0 unspecified atom stereocenters. The number of amides is 1. The van der Waals surface area contributed by atoms with Gasteiger partial charge in [-0.05, 0) is 25.0 Å². The Labute approximate surface area is 115 Å². The summed E-state index contributed by atoms with van der Waals surface area (Å²) in [6.07, 6.45) is -4.70. The monoisotopic (exact) mass is 290 g/mol. The van der Waals surface area contributed by atoms with E-state index in [0.29, 0.717) is 11.4 Å². The maximum Gasteiger partial charge on any atom is 0.389 e. The molecule has 1 rings (SSSR count). The lowest BCUT2D eigenvalue weighted by Crippen LogP contribution is -2.29. The van der Waals surface area contributed by atoms with E-state index in [1.807, 2.05) is 0 Å². The number of nitrogens with two attached hydrogens (primary N) is 1. The van der Waals surface area contributed by atoms with Crippen molar-refractivity contribution >= 4 is 11.6 Å². The molecule has 1 aromatic rings. The van der Waals surface area contributed by atoms with Crippen LogP contribution in [-0.4, -0.2) is 25.2 Å². The van der Waals surface area contributed by atoms with Crippen molar-refractivity contribution in [3.8, 4) is 5.75 Å². The molecule has 20 heavy (non-hydrogen) atoms. The summed E-state index contributed by atoms with van der Waals surface area (Å²) in [6.45, 7) is -0.0178. The normalized spacial score (nSPS) is 11.2. The van der Waals surface area contributed by atoms with Crippen LogP contribution in [0.3, 0.4) is 0 Å². The fourth-order valence-corrected chi connectivity index (χ4v) is 1.48. The highest BCUT2D eigenvalue weighted by Crippen LogP contribution is 2.22. The third-order valence-corrected chi connectivity index (χ3v) is 2.49. The van der Waals surface area contributed by atoms with Crippen molar-refractivity contribution in [3.05, 3.63) is 24.3 Å². The van der Waals surface area contributed by atoms with Crippen LogP contribution in [0.4, 0.5) is 18.9 Å². The number of ether oxygens (including phenoxy) is 1. The number of nitrogen functional groups attached to an aromatic ring is 1. The van der Waals surface area contributed by atoms with Gasteiger partial charge in [-0.3, -0.25) is 4.79 Å². The van der Waals surface area contributed by atoms with Crippen molar-refractivity contribution in [2.45, 2.75) is 25.4 Å². The number of rotatable bonds is 7. The lowest BCUT2D eigenvalue weighted by atomic mass is 10.2. The molecule has 0 radical (unpaired) electrons. The number of para-hydroxylation sites is 2. The summed E-state index contributed by atoms with van der Waals surface area (Å²) in [5.74, 6) is 0.0139. The predicted molar refractivity (Wildman–Crippen MR) is 69.3 cm³/mol. The molecule has 0 aliphatic heterocycles. The average Bonchev–Trinajstić information content (AvgIpc) is 2.36. The van der Waals surface area contributed by atoms with E-state index in [1.54, 1.807) is 24.3 Å². The molecule has 0 bridgehead atoms. The molecule has 0 saturated carbocycles. The van der Waals surface area contributed by atoms with Crippen molar-refractivity contribution < 1.29 is 22.7 Å². The first kappa shape index (κ1) is 16.1. The molecular weight excluding hydrogens is 273 g/mol. The van der Waals surface area contributed by atoms with Gasteiger partial charge in [0.25, 0.3) is 5.91 Å². The summed E-state index contributed by atoms with van der Waals surface area (Å²) in [5.41, 5.74) is 6.05. The Bertz CT molecular complexity index is 436. The zero-order chi connectivity index (χ0) is 15.0. The van der Waals surface area contributed by atoms with Gasteiger partial charge in [-0.2, -0.15) is 13.2 Å². The summed E-state index contributed by atoms with van der Waals surface area (Å²) in [4.78, 5) is 11.4. The molecule has 0 aliphatic carbocycles. The van der Waals surface area contributed by atoms with Crippen LogP contribution >= 0.6 is 0 Å². The number of hydrogen-bond acceptors (Lipinski definition) is 3. The molecule has 0 atom stereocenters. The van der Waals surface area contributed by atoms with Crippen molar-refractivity contribution in [2.24, 2.45) is 0 Å². The minimum Gasteiger partial charge on any atom is -0.482 e. The predicted octanol–water partition coefficient (Wildman–Crippen LogP) is 2.50. The van der Waals surface area contributed by atoms with Crippen LogP contribution in [0.5, 0.6) is 5.75 Å². The van der Waals surface area contributed by atoms with Gasteiger partial charge in [0, 0.05) is 13.0 Å². The molecule has 4 nitrogen and oxygen atoms in total. The highest BCUT2D eigenvalue weighted by atomic mass is 19.4. The van der Waals surface area contributed by atoms with Crippen LogP contribution in [0.2, 0.25) is 0 Å². The number of unbranched alkanes of at least 4 members (excludes halogenated alkanes) is 1. The third-order valence-electron chi connectivity index (χ3n) is 2.49. The molecule has 0 spiro atoms. The second-order valence-electron chi connectivity index (χ2n) is 4.25. The Morgan fingerprint density at radius 2 is 1.95 bits per heavy atom. The fraction of sp³-hybridized carbons (Fsp3) is 0.462. The lowest BCUT2D eigenvalue weighted by Gasteiger charge is -2.09. The Hall–Kier alpha value is -1.92. The smallest absolute Gasteiger partial charge is 0.389 e. The molecule has 7 heteroatoms. The van der Waals surface area contributed by atoms with E-state index in [0.717, 1.165) is 0 Å². The van der Waals surface area contributed by atoms with E-state index in [1.165, 1.54) is 0 Å². The first-order valence-corrected chi connectivity index (χ1v) is 6.19. The minimum atomic E-state index is -4.14. The molecule has 0 fully saturated rings. The first-order chi connectivity index (χ1) is 9.38. The van der Waals surface area contributed by atoms with Gasteiger partial charge in [0.1, 0.15) is 5.75 Å². The van der Waals surface area contributed by atoms with Crippen LogP contribution in [0.15, 0.2) is 24.3 Å². The van der Waals surface area contributed by atoms with E-state index in [2.05, 4.69) is 5.32 Å². The number of carbonyl (C=O) groups excluding carboxylic acids is 1. The molecule has 0 aliphatic rings. The van der Waals surface area contributed by atoms with Crippen LogP contribution < -0.4 is 15.8 Å². The number of hydrogen-bond donors (Lipinski definition) is 2. The SMILES string of the molecule is Nc1ccccc1OCC(=O)NCCCCC(F)(F)F. The molecule has 0 saturated heterocycles. The van der Waals surface area contributed by atoms with Crippen LogP contribution in [0.1, 0.15) is 19.3 Å². The van der Waals surface area contributed by atoms with Crippen LogP contribution in [-0.2, 0) is 4.79 Å². The number of halogens is 3. The molecule has 0 heterocycles. The molecule has 0 aromatic heterocycles.